The van der Waals surface area contributed by atoms with Crippen molar-refractivity contribution in [3.05, 3.63) is 30.0 Å². The molecule has 3 rings (SSSR count). The lowest BCUT2D eigenvalue weighted by Crippen LogP contribution is -2.37. The number of H-pyrrole nitrogens is 1. The van der Waals surface area contributed by atoms with E-state index >= 15 is 0 Å². The van der Waals surface area contributed by atoms with Gasteiger partial charge in [-0.3, -0.25) is 4.79 Å². The lowest BCUT2D eigenvalue weighted by molar-refractivity contribution is 0.0923. The third kappa shape index (κ3) is 2.26. The van der Waals surface area contributed by atoms with E-state index in [2.05, 4.69) is 24.1 Å². The number of aromatic nitrogens is 1. The van der Waals surface area contributed by atoms with Crippen molar-refractivity contribution in [2.24, 2.45) is 11.8 Å². The minimum atomic E-state index is -0.0225. The van der Waals surface area contributed by atoms with Crippen LogP contribution in [0.5, 0.6) is 0 Å². The molecule has 106 valence electrons. The number of anilines is 1. The van der Waals surface area contributed by atoms with E-state index in [9.17, 15) is 4.79 Å². The van der Waals surface area contributed by atoms with Gasteiger partial charge in [-0.05, 0) is 48.9 Å². The number of nitrogens with one attached hydrogen (secondary N) is 2. The zero-order valence-electron chi connectivity index (χ0n) is 11.9. The molecule has 1 aliphatic carbocycles. The van der Waals surface area contributed by atoms with Gasteiger partial charge < -0.3 is 16.0 Å². The number of nitrogens with two attached hydrogens (primary N) is 1. The fourth-order valence-electron chi connectivity index (χ4n) is 3.09. The highest BCUT2D eigenvalue weighted by molar-refractivity contribution is 5.98. The number of benzene rings is 1. The van der Waals surface area contributed by atoms with E-state index in [-0.39, 0.29) is 11.9 Å². The van der Waals surface area contributed by atoms with Crippen molar-refractivity contribution in [3.63, 3.8) is 0 Å². The Kier molecular flexibility index (Phi) is 3.16. The molecule has 4 N–H and O–H groups in total. The Morgan fingerprint density at radius 2 is 2.10 bits per heavy atom. The van der Waals surface area contributed by atoms with Gasteiger partial charge in [0.05, 0.1) is 0 Å². The average molecular weight is 271 g/mol. The summed E-state index contributed by atoms with van der Waals surface area (Å²) in [5.41, 5.74) is 8.02. The Balaban J connectivity index is 1.79. The third-order valence-electron chi connectivity index (χ3n) is 4.67. The van der Waals surface area contributed by atoms with Gasteiger partial charge in [0.1, 0.15) is 5.69 Å². The Hall–Kier alpha value is -1.97. The van der Waals surface area contributed by atoms with Crippen LogP contribution in [0.2, 0.25) is 0 Å². The van der Waals surface area contributed by atoms with Gasteiger partial charge in [-0.25, -0.2) is 0 Å². The SMILES string of the molecule is CC1CCC(NC(=O)c2cc3cc(N)ccc3[nH]2)C1C. The van der Waals surface area contributed by atoms with Gasteiger partial charge in [0, 0.05) is 22.6 Å². The number of hydrogen-bond acceptors (Lipinski definition) is 2. The van der Waals surface area contributed by atoms with E-state index in [0.29, 0.717) is 23.2 Å². The van der Waals surface area contributed by atoms with E-state index in [1.54, 1.807) is 0 Å². The Labute approximate surface area is 118 Å². The zero-order valence-corrected chi connectivity index (χ0v) is 11.9. The number of rotatable bonds is 2. The second-order valence-electron chi connectivity index (χ2n) is 6.02. The molecule has 3 unspecified atom stereocenters. The molecule has 0 spiro atoms. The van der Waals surface area contributed by atoms with Gasteiger partial charge in [-0.2, -0.15) is 0 Å². The molecule has 0 bridgehead atoms. The highest BCUT2D eigenvalue weighted by Crippen LogP contribution is 2.31. The van der Waals surface area contributed by atoms with Gasteiger partial charge in [-0.1, -0.05) is 13.8 Å². The molecule has 1 aromatic carbocycles. The first kappa shape index (κ1) is 13.0. The van der Waals surface area contributed by atoms with Crippen molar-refractivity contribution >= 4 is 22.5 Å². The number of hydrogen-bond donors (Lipinski definition) is 3. The highest BCUT2D eigenvalue weighted by atomic mass is 16.1. The number of carbonyl (C=O) groups is 1. The molecule has 1 amide bonds. The van der Waals surface area contributed by atoms with Gasteiger partial charge in [0.2, 0.25) is 0 Å². The molecule has 1 heterocycles. The Bertz CT molecular complexity index is 646. The summed E-state index contributed by atoms with van der Waals surface area (Å²) in [4.78, 5) is 15.5. The van der Waals surface area contributed by atoms with Crippen molar-refractivity contribution in [1.29, 1.82) is 0 Å². The summed E-state index contributed by atoms with van der Waals surface area (Å²) >= 11 is 0. The van der Waals surface area contributed by atoms with Gasteiger partial charge in [0.25, 0.3) is 5.91 Å². The molecule has 0 radical (unpaired) electrons. The molecule has 4 heteroatoms. The van der Waals surface area contributed by atoms with Gasteiger partial charge >= 0.3 is 0 Å². The largest absolute Gasteiger partial charge is 0.399 e. The van der Waals surface area contributed by atoms with Gasteiger partial charge in [0.15, 0.2) is 0 Å². The number of amides is 1. The normalized spacial score (nSPS) is 26.0. The number of carbonyl (C=O) groups excluding carboxylic acids is 1. The van der Waals surface area contributed by atoms with E-state index in [0.717, 1.165) is 17.3 Å². The van der Waals surface area contributed by atoms with Crippen molar-refractivity contribution in [1.82, 2.24) is 10.3 Å². The van der Waals surface area contributed by atoms with Gasteiger partial charge in [-0.15, -0.1) is 0 Å². The number of fused-ring (bicyclic) bond motifs is 1. The molecule has 2 aromatic rings. The van der Waals surface area contributed by atoms with Crippen LogP contribution in [0, 0.1) is 11.8 Å². The van der Waals surface area contributed by atoms with Crippen LogP contribution in [0.15, 0.2) is 24.3 Å². The maximum absolute atomic E-state index is 12.3. The smallest absolute Gasteiger partial charge is 0.267 e. The molecule has 1 fully saturated rings. The number of nitrogen functional groups attached to an aromatic ring is 1. The lowest BCUT2D eigenvalue weighted by Gasteiger charge is -2.19. The minimum Gasteiger partial charge on any atom is -0.399 e. The van der Waals surface area contributed by atoms with Crippen LogP contribution in [-0.4, -0.2) is 16.9 Å². The third-order valence-corrected chi connectivity index (χ3v) is 4.67. The summed E-state index contributed by atoms with van der Waals surface area (Å²) in [6.45, 7) is 4.47. The van der Waals surface area contributed by atoms with Crippen LogP contribution in [0.25, 0.3) is 10.9 Å². The molecule has 1 aromatic heterocycles. The summed E-state index contributed by atoms with van der Waals surface area (Å²) in [5, 5.41) is 4.12. The first-order valence-corrected chi connectivity index (χ1v) is 7.23. The molecule has 4 nitrogen and oxygen atoms in total. The predicted octanol–water partition coefficient (Wildman–Crippen LogP) is 2.91. The topological polar surface area (TPSA) is 70.9 Å². The fraction of sp³-hybridized carbons (Fsp3) is 0.438. The molecule has 0 aliphatic heterocycles. The summed E-state index contributed by atoms with van der Waals surface area (Å²) in [6.07, 6.45) is 2.26. The standard InChI is InChI=1S/C16H21N3O/c1-9-3-5-13(10(9)2)19-16(20)15-8-11-7-12(17)4-6-14(11)18-15/h4,6-10,13,18H,3,5,17H2,1-2H3,(H,19,20). The quantitative estimate of drug-likeness (QED) is 0.735. The second-order valence-corrected chi connectivity index (χ2v) is 6.02. The van der Waals surface area contributed by atoms with E-state index in [1.165, 1.54) is 6.42 Å². The van der Waals surface area contributed by atoms with E-state index in [1.807, 2.05) is 24.3 Å². The highest BCUT2D eigenvalue weighted by Gasteiger charge is 2.31. The van der Waals surface area contributed by atoms with Crippen LogP contribution in [-0.2, 0) is 0 Å². The zero-order chi connectivity index (χ0) is 14.3. The molecule has 1 aliphatic rings. The van der Waals surface area contributed by atoms with Crippen molar-refractivity contribution in [3.8, 4) is 0 Å². The minimum absolute atomic E-state index is 0.0225. The summed E-state index contributed by atoms with van der Waals surface area (Å²) in [7, 11) is 0. The van der Waals surface area contributed by atoms with E-state index in [4.69, 9.17) is 5.73 Å². The molecule has 3 atom stereocenters. The van der Waals surface area contributed by atoms with Crippen molar-refractivity contribution in [2.45, 2.75) is 32.7 Å². The van der Waals surface area contributed by atoms with Crippen LogP contribution >= 0.6 is 0 Å². The first-order valence-electron chi connectivity index (χ1n) is 7.23. The average Bonchev–Trinajstić information content (AvgIpc) is 2.96. The molecule has 0 saturated heterocycles. The maximum Gasteiger partial charge on any atom is 0.267 e. The van der Waals surface area contributed by atoms with Crippen LogP contribution in [0.1, 0.15) is 37.2 Å². The fourth-order valence-corrected chi connectivity index (χ4v) is 3.09. The Morgan fingerprint density at radius 1 is 1.30 bits per heavy atom. The summed E-state index contributed by atoms with van der Waals surface area (Å²) < 4.78 is 0. The first-order chi connectivity index (χ1) is 9.54. The van der Waals surface area contributed by atoms with Crippen molar-refractivity contribution in [2.75, 3.05) is 5.73 Å². The van der Waals surface area contributed by atoms with Crippen LogP contribution < -0.4 is 11.1 Å². The monoisotopic (exact) mass is 271 g/mol. The van der Waals surface area contributed by atoms with Crippen LogP contribution in [0.3, 0.4) is 0 Å². The molecular weight excluding hydrogens is 250 g/mol. The predicted molar refractivity (Wildman–Crippen MR) is 81.5 cm³/mol. The van der Waals surface area contributed by atoms with E-state index < -0.39 is 0 Å². The van der Waals surface area contributed by atoms with Crippen molar-refractivity contribution < 1.29 is 4.79 Å². The Morgan fingerprint density at radius 3 is 2.80 bits per heavy atom. The second kappa shape index (κ2) is 4.85. The summed E-state index contributed by atoms with van der Waals surface area (Å²) in [6, 6.07) is 7.77. The molecular formula is C16H21N3O. The summed E-state index contributed by atoms with van der Waals surface area (Å²) in [5.74, 6) is 1.20. The molecule has 20 heavy (non-hydrogen) atoms. The van der Waals surface area contributed by atoms with Crippen LogP contribution in [0.4, 0.5) is 5.69 Å². The lowest BCUT2D eigenvalue weighted by atomic mass is 9.98. The maximum atomic E-state index is 12.3. The number of aromatic amines is 1. The molecule has 1 saturated carbocycles.